The summed E-state index contributed by atoms with van der Waals surface area (Å²) in [4.78, 5) is 10.5. The molecular formula is C14H20N2O4. The van der Waals surface area contributed by atoms with Crippen LogP contribution in [0.1, 0.15) is 26.2 Å². The van der Waals surface area contributed by atoms with E-state index in [1.165, 1.54) is 12.1 Å². The molecule has 1 aliphatic carbocycles. The van der Waals surface area contributed by atoms with Crippen LogP contribution in [0.25, 0.3) is 0 Å². The number of rotatable bonds is 7. The van der Waals surface area contributed by atoms with Crippen molar-refractivity contribution < 1.29 is 14.4 Å². The van der Waals surface area contributed by atoms with Crippen LogP contribution in [0.5, 0.6) is 11.5 Å². The van der Waals surface area contributed by atoms with E-state index < -0.39 is 4.92 Å². The normalized spacial score (nSPS) is 21.1. The van der Waals surface area contributed by atoms with Crippen molar-refractivity contribution in [3.05, 3.63) is 28.3 Å². The summed E-state index contributed by atoms with van der Waals surface area (Å²) >= 11 is 0. The number of benzene rings is 1. The van der Waals surface area contributed by atoms with Gasteiger partial charge >= 0.3 is 0 Å². The second kappa shape index (κ2) is 6.56. The minimum Gasteiger partial charge on any atom is -0.493 e. The van der Waals surface area contributed by atoms with Gasteiger partial charge in [0.15, 0.2) is 0 Å². The van der Waals surface area contributed by atoms with E-state index in [1.807, 2.05) is 6.92 Å². The fourth-order valence-electron chi connectivity index (χ4n) is 2.19. The van der Waals surface area contributed by atoms with Gasteiger partial charge < -0.3 is 15.2 Å². The van der Waals surface area contributed by atoms with E-state index in [0.717, 1.165) is 19.3 Å². The van der Waals surface area contributed by atoms with Crippen LogP contribution in [0.15, 0.2) is 18.2 Å². The number of ether oxygens (including phenoxy) is 2. The zero-order valence-electron chi connectivity index (χ0n) is 11.6. The van der Waals surface area contributed by atoms with Gasteiger partial charge in [-0.1, -0.05) is 6.92 Å². The lowest BCUT2D eigenvalue weighted by Gasteiger charge is -2.34. The maximum atomic E-state index is 10.9. The van der Waals surface area contributed by atoms with E-state index in [4.69, 9.17) is 15.2 Å². The van der Waals surface area contributed by atoms with Crippen molar-refractivity contribution in [2.24, 2.45) is 11.7 Å². The molecule has 0 atom stereocenters. The third kappa shape index (κ3) is 3.60. The Morgan fingerprint density at radius 1 is 1.35 bits per heavy atom. The third-order valence-corrected chi connectivity index (χ3v) is 3.38. The van der Waals surface area contributed by atoms with Crippen molar-refractivity contribution >= 4 is 5.69 Å². The van der Waals surface area contributed by atoms with E-state index in [0.29, 0.717) is 30.6 Å². The molecule has 0 unspecified atom stereocenters. The van der Waals surface area contributed by atoms with Crippen LogP contribution in [0, 0.1) is 16.0 Å². The van der Waals surface area contributed by atoms with Gasteiger partial charge in [-0.05, 0) is 31.7 Å². The van der Waals surface area contributed by atoms with Gasteiger partial charge in [0.1, 0.15) is 11.5 Å². The first-order valence-electron chi connectivity index (χ1n) is 6.91. The molecule has 0 heterocycles. The molecule has 2 N–H and O–H groups in total. The molecule has 1 saturated carbocycles. The molecule has 6 nitrogen and oxygen atoms in total. The van der Waals surface area contributed by atoms with Crippen LogP contribution in [0.4, 0.5) is 5.69 Å². The Labute approximate surface area is 118 Å². The summed E-state index contributed by atoms with van der Waals surface area (Å²) in [6.45, 7) is 3.18. The fraction of sp³-hybridized carbons (Fsp3) is 0.571. The zero-order chi connectivity index (χ0) is 14.5. The largest absolute Gasteiger partial charge is 0.493 e. The number of non-ortho nitro benzene ring substituents is 1. The summed E-state index contributed by atoms with van der Waals surface area (Å²) in [5.41, 5.74) is 5.56. The Hall–Kier alpha value is -1.82. The van der Waals surface area contributed by atoms with Crippen LogP contribution in [0.3, 0.4) is 0 Å². The summed E-state index contributed by atoms with van der Waals surface area (Å²) in [6.07, 6.45) is 2.76. The lowest BCUT2D eigenvalue weighted by molar-refractivity contribution is -0.385. The van der Waals surface area contributed by atoms with Gasteiger partial charge in [0.05, 0.1) is 29.8 Å². The second-order valence-corrected chi connectivity index (χ2v) is 5.08. The predicted molar refractivity (Wildman–Crippen MR) is 75.1 cm³/mol. The smallest absolute Gasteiger partial charge is 0.276 e. The molecule has 0 aliphatic heterocycles. The van der Waals surface area contributed by atoms with Gasteiger partial charge in [-0.2, -0.15) is 0 Å². The first kappa shape index (κ1) is 14.6. The number of nitro groups is 1. The standard InChI is InChI=1S/C14H20N2O4/c1-2-3-19-12-6-11(16(17)18)7-14(8-12)20-13-4-10(5-13)9-15/h6-8,10,13H,2-5,9,15H2,1H3. The van der Waals surface area contributed by atoms with Gasteiger partial charge in [-0.25, -0.2) is 0 Å². The Morgan fingerprint density at radius 2 is 2.05 bits per heavy atom. The van der Waals surface area contributed by atoms with Crippen LogP contribution >= 0.6 is 0 Å². The zero-order valence-corrected chi connectivity index (χ0v) is 11.6. The number of hydrogen-bond acceptors (Lipinski definition) is 5. The molecule has 0 spiro atoms. The fourth-order valence-corrected chi connectivity index (χ4v) is 2.19. The monoisotopic (exact) mass is 280 g/mol. The Balaban J connectivity index is 2.06. The summed E-state index contributed by atoms with van der Waals surface area (Å²) in [6, 6.07) is 4.57. The number of nitrogens with zero attached hydrogens (tertiary/aromatic N) is 1. The summed E-state index contributed by atoms with van der Waals surface area (Å²) < 4.78 is 11.2. The van der Waals surface area contributed by atoms with Crippen molar-refractivity contribution in [2.45, 2.75) is 32.3 Å². The molecule has 110 valence electrons. The maximum Gasteiger partial charge on any atom is 0.276 e. The lowest BCUT2D eigenvalue weighted by Crippen LogP contribution is -2.37. The molecule has 2 rings (SSSR count). The molecule has 1 aromatic rings. The maximum absolute atomic E-state index is 10.9. The van der Waals surface area contributed by atoms with E-state index in [9.17, 15) is 10.1 Å². The highest BCUT2D eigenvalue weighted by Gasteiger charge is 2.30. The molecule has 0 bridgehead atoms. The van der Waals surface area contributed by atoms with Crippen LogP contribution in [-0.4, -0.2) is 24.2 Å². The minimum absolute atomic E-state index is 0.0108. The van der Waals surface area contributed by atoms with Crippen molar-refractivity contribution in [3.63, 3.8) is 0 Å². The third-order valence-electron chi connectivity index (χ3n) is 3.38. The molecule has 1 aromatic carbocycles. The SMILES string of the molecule is CCCOc1cc(OC2CC(CN)C2)cc([N+](=O)[O-])c1. The highest BCUT2D eigenvalue weighted by molar-refractivity contribution is 5.46. The van der Waals surface area contributed by atoms with Crippen LogP contribution in [-0.2, 0) is 0 Å². The Morgan fingerprint density at radius 3 is 2.65 bits per heavy atom. The highest BCUT2D eigenvalue weighted by Crippen LogP contribution is 2.34. The predicted octanol–water partition coefficient (Wildman–Crippen LogP) is 2.50. The average Bonchev–Trinajstić information content (AvgIpc) is 2.39. The van der Waals surface area contributed by atoms with Crippen molar-refractivity contribution in [1.82, 2.24) is 0 Å². The average molecular weight is 280 g/mol. The van der Waals surface area contributed by atoms with E-state index in [-0.39, 0.29) is 11.8 Å². The van der Waals surface area contributed by atoms with E-state index in [1.54, 1.807) is 6.07 Å². The quantitative estimate of drug-likeness (QED) is 0.612. The van der Waals surface area contributed by atoms with Crippen LogP contribution in [0.2, 0.25) is 0 Å². The highest BCUT2D eigenvalue weighted by atomic mass is 16.6. The molecule has 20 heavy (non-hydrogen) atoms. The number of hydrogen-bond donors (Lipinski definition) is 1. The topological polar surface area (TPSA) is 87.6 Å². The first-order chi connectivity index (χ1) is 9.62. The number of nitrogens with two attached hydrogens (primary N) is 1. The minimum atomic E-state index is -0.435. The van der Waals surface area contributed by atoms with Crippen LogP contribution < -0.4 is 15.2 Å². The molecule has 6 heteroatoms. The van der Waals surface area contributed by atoms with Gasteiger partial charge in [0.25, 0.3) is 5.69 Å². The van der Waals surface area contributed by atoms with Gasteiger partial charge in [-0.15, -0.1) is 0 Å². The summed E-state index contributed by atoms with van der Waals surface area (Å²) in [5, 5.41) is 10.9. The molecule has 0 radical (unpaired) electrons. The molecule has 0 amide bonds. The van der Waals surface area contributed by atoms with Gasteiger partial charge in [0.2, 0.25) is 0 Å². The molecule has 1 aliphatic rings. The molecular weight excluding hydrogens is 260 g/mol. The summed E-state index contributed by atoms with van der Waals surface area (Å²) in [5.74, 6) is 1.48. The molecule has 0 saturated heterocycles. The first-order valence-corrected chi connectivity index (χ1v) is 6.91. The second-order valence-electron chi connectivity index (χ2n) is 5.08. The van der Waals surface area contributed by atoms with Gasteiger partial charge in [-0.3, -0.25) is 10.1 Å². The van der Waals surface area contributed by atoms with Crippen molar-refractivity contribution in [3.8, 4) is 11.5 Å². The van der Waals surface area contributed by atoms with E-state index >= 15 is 0 Å². The molecule has 1 fully saturated rings. The lowest BCUT2D eigenvalue weighted by atomic mass is 9.82. The summed E-state index contributed by atoms with van der Waals surface area (Å²) in [7, 11) is 0. The van der Waals surface area contributed by atoms with Crippen molar-refractivity contribution in [2.75, 3.05) is 13.2 Å². The Kier molecular flexibility index (Phi) is 4.79. The molecule has 0 aromatic heterocycles. The van der Waals surface area contributed by atoms with Gasteiger partial charge in [0, 0.05) is 6.07 Å². The van der Waals surface area contributed by atoms with E-state index in [2.05, 4.69) is 0 Å². The number of nitro benzene ring substituents is 1. The Bertz CT molecular complexity index is 472. The van der Waals surface area contributed by atoms with Crippen molar-refractivity contribution in [1.29, 1.82) is 0 Å².